The third kappa shape index (κ3) is 2.62. The van der Waals surface area contributed by atoms with E-state index < -0.39 is 0 Å². The third-order valence-electron chi connectivity index (χ3n) is 3.64. The molecule has 3 rings (SSSR count). The Morgan fingerprint density at radius 2 is 1.82 bits per heavy atom. The fourth-order valence-corrected chi connectivity index (χ4v) is 2.90. The summed E-state index contributed by atoms with van der Waals surface area (Å²) in [6.45, 7) is 1.17. The number of carbonyl (C=O) groups excluding carboxylic acids is 2. The quantitative estimate of drug-likeness (QED) is 0.621. The minimum Gasteiger partial charge on any atom is -0.337 e. The lowest BCUT2D eigenvalue weighted by atomic mass is 10.1. The van der Waals surface area contributed by atoms with E-state index in [1.54, 1.807) is 18.6 Å². The third-order valence-corrected chi connectivity index (χ3v) is 4.44. The summed E-state index contributed by atoms with van der Waals surface area (Å²) in [5, 5.41) is 0.432. The van der Waals surface area contributed by atoms with Crippen LogP contribution in [0.15, 0.2) is 30.9 Å². The van der Waals surface area contributed by atoms with Crippen molar-refractivity contribution < 1.29 is 9.59 Å². The van der Waals surface area contributed by atoms with Gasteiger partial charge in [-0.2, -0.15) is 0 Å². The van der Waals surface area contributed by atoms with Crippen LogP contribution in [0.2, 0.25) is 10.0 Å². The predicted octanol–water partition coefficient (Wildman–Crippen LogP) is 3.27. The summed E-state index contributed by atoms with van der Waals surface area (Å²) in [6, 6.07) is 3.09. The van der Waals surface area contributed by atoms with Gasteiger partial charge in [-0.3, -0.25) is 14.5 Å². The smallest absolute Gasteiger partial charge is 0.263 e. The molecule has 0 unspecified atom stereocenters. The van der Waals surface area contributed by atoms with Crippen LogP contribution in [0, 0.1) is 0 Å². The molecular weight excluding hydrogens is 325 g/mol. The van der Waals surface area contributed by atoms with Gasteiger partial charge in [0.15, 0.2) is 0 Å². The number of hydrogen-bond acceptors (Lipinski definition) is 3. The molecular formula is C15H13Cl2N3O2. The summed E-state index contributed by atoms with van der Waals surface area (Å²) in [6.07, 6.45) is 6.90. The molecule has 0 aliphatic carbocycles. The Balaban J connectivity index is 1.65. The summed E-state index contributed by atoms with van der Waals surface area (Å²) in [5.41, 5.74) is 0.544. The van der Waals surface area contributed by atoms with Gasteiger partial charge in [0.2, 0.25) is 0 Å². The first-order valence-electron chi connectivity index (χ1n) is 6.89. The molecule has 0 saturated carbocycles. The number of rotatable bonds is 5. The van der Waals surface area contributed by atoms with Gasteiger partial charge in [-0.15, -0.1) is 0 Å². The van der Waals surface area contributed by atoms with E-state index in [4.69, 9.17) is 23.2 Å². The fourth-order valence-electron chi connectivity index (χ4n) is 2.50. The first kappa shape index (κ1) is 15.1. The van der Waals surface area contributed by atoms with Crippen LogP contribution in [0.3, 0.4) is 0 Å². The van der Waals surface area contributed by atoms with Gasteiger partial charge < -0.3 is 4.57 Å². The molecule has 0 N–H and O–H groups in total. The summed E-state index contributed by atoms with van der Waals surface area (Å²) >= 11 is 12.0. The molecule has 2 amide bonds. The van der Waals surface area contributed by atoms with Crippen LogP contribution in [0.4, 0.5) is 0 Å². The minimum atomic E-state index is -0.366. The number of benzene rings is 1. The van der Waals surface area contributed by atoms with E-state index in [9.17, 15) is 9.59 Å². The Labute approximate surface area is 137 Å². The van der Waals surface area contributed by atoms with E-state index in [1.807, 2.05) is 10.8 Å². The van der Waals surface area contributed by atoms with Crippen molar-refractivity contribution in [3.8, 4) is 0 Å². The SMILES string of the molecule is O=C1c2ccc(Cl)c(Cl)c2C(=O)N1CCCCn1ccnc1. The molecule has 1 aliphatic rings. The van der Waals surface area contributed by atoms with Crippen molar-refractivity contribution in [3.05, 3.63) is 52.0 Å². The Kier molecular flexibility index (Phi) is 4.18. The van der Waals surface area contributed by atoms with E-state index >= 15 is 0 Å². The number of carbonyl (C=O) groups is 2. The van der Waals surface area contributed by atoms with Crippen LogP contribution in [0.25, 0.3) is 0 Å². The highest BCUT2D eigenvalue weighted by Gasteiger charge is 2.37. The van der Waals surface area contributed by atoms with Crippen LogP contribution in [0.1, 0.15) is 33.6 Å². The Hall–Kier alpha value is -1.85. The van der Waals surface area contributed by atoms with Gasteiger partial charge in [0, 0.05) is 25.5 Å². The van der Waals surface area contributed by atoms with Crippen LogP contribution < -0.4 is 0 Å². The Morgan fingerprint density at radius 1 is 1.05 bits per heavy atom. The number of amides is 2. The van der Waals surface area contributed by atoms with E-state index in [0.29, 0.717) is 12.1 Å². The molecule has 114 valence electrons. The molecule has 7 heteroatoms. The van der Waals surface area contributed by atoms with Crippen LogP contribution >= 0.6 is 23.2 Å². The number of imidazole rings is 1. The van der Waals surface area contributed by atoms with Crippen molar-refractivity contribution in [3.63, 3.8) is 0 Å². The van der Waals surface area contributed by atoms with E-state index in [0.717, 1.165) is 19.4 Å². The molecule has 22 heavy (non-hydrogen) atoms. The largest absolute Gasteiger partial charge is 0.337 e. The van der Waals surface area contributed by atoms with Gasteiger partial charge in [-0.25, -0.2) is 4.98 Å². The lowest BCUT2D eigenvalue weighted by Gasteiger charge is -2.13. The van der Waals surface area contributed by atoms with E-state index in [1.165, 1.54) is 11.0 Å². The number of nitrogens with zero attached hydrogens (tertiary/aromatic N) is 3. The van der Waals surface area contributed by atoms with E-state index in [-0.39, 0.29) is 27.4 Å². The number of halogens is 2. The number of unbranched alkanes of at least 4 members (excludes halogenated alkanes) is 1. The van der Waals surface area contributed by atoms with Crippen molar-refractivity contribution in [2.75, 3.05) is 6.54 Å². The molecule has 1 aliphatic heterocycles. The maximum absolute atomic E-state index is 12.3. The maximum atomic E-state index is 12.3. The minimum absolute atomic E-state index is 0.151. The molecule has 2 aromatic rings. The van der Waals surface area contributed by atoms with Crippen LogP contribution in [-0.4, -0.2) is 32.8 Å². The summed E-state index contributed by atoms with van der Waals surface area (Å²) in [7, 11) is 0. The van der Waals surface area contributed by atoms with Gasteiger partial charge in [-0.1, -0.05) is 23.2 Å². The monoisotopic (exact) mass is 337 g/mol. The highest BCUT2D eigenvalue weighted by molar-refractivity contribution is 6.45. The van der Waals surface area contributed by atoms with Crippen molar-refractivity contribution in [1.29, 1.82) is 0 Å². The molecule has 1 aromatic carbocycles. The summed E-state index contributed by atoms with van der Waals surface area (Å²) in [5.74, 6) is -0.670. The Morgan fingerprint density at radius 3 is 2.55 bits per heavy atom. The van der Waals surface area contributed by atoms with E-state index in [2.05, 4.69) is 4.98 Å². The average molecular weight is 338 g/mol. The molecule has 0 bridgehead atoms. The first-order valence-corrected chi connectivity index (χ1v) is 7.65. The summed E-state index contributed by atoms with van der Waals surface area (Å²) < 4.78 is 1.96. The van der Waals surface area contributed by atoms with Gasteiger partial charge in [0.25, 0.3) is 11.8 Å². The highest BCUT2D eigenvalue weighted by Crippen LogP contribution is 2.34. The number of imide groups is 1. The zero-order valence-corrected chi connectivity index (χ0v) is 13.1. The highest BCUT2D eigenvalue weighted by atomic mass is 35.5. The second kappa shape index (κ2) is 6.10. The van der Waals surface area contributed by atoms with Gasteiger partial charge in [0.05, 0.1) is 27.5 Å². The van der Waals surface area contributed by atoms with Crippen LogP contribution in [0.5, 0.6) is 0 Å². The molecule has 0 saturated heterocycles. The number of fused-ring (bicyclic) bond motifs is 1. The predicted molar refractivity (Wildman–Crippen MR) is 83.3 cm³/mol. The molecule has 0 fully saturated rings. The van der Waals surface area contributed by atoms with Crippen molar-refractivity contribution in [2.45, 2.75) is 19.4 Å². The van der Waals surface area contributed by atoms with Gasteiger partial charge in [0.1, 0.15) is 0 Å². The zero-order valence-electron chi connectivity index (χ0n) is 11.6. The molecule has 5 nitrogen and oxygen atoms in total. The summed E-state index contributed by atoms with van der Waals surface area (Å²) in [4.78, 5) is 29.8. The maximum Gasteiger partial charge on any atom is 0.263 e. The number of aryl methyl sites for hydroxylation is 1. The van der Waals surface area contributed by atoms with Crippen molar-refractivity contribution in [2.24, 2.45) is 0 Å². The normalized spacial score (nSPS) is 13.8. The first-order chi connectivity index (χ1) is 10.6. The van der Waals surface area contributed by atoms with Gasteiger partial charge >= 0.3 is 0 Å². The lowest BCUT2D eigenvalue weighted by molar-refractivity contribution is 0.0651. The molecule has 0 spiro atoms. The molecule has 0 radical (unpaired) electrons. The zero-order chi connectivity index (χ0) is 15.7. The average Bonchev–Trinajstić information content (AvgIpc) is 3.09. The standard InChI is InChI=1S/C15H13Cl2N3O2/c16-11-4-3-10-12(13(11)17)15(22)20(14(10)21)7-2-1-6-19-8-5-18-9-19/h3-5,8-9H,1-2,6-7H2. The number of hydrogen-bond donors (Lipinski definition) is 0. The van der Waals surface area contributed by atoms with Crippen molar-refractivity contribution >= 4 is 35.0 Å². The molecule has 0 atom stereocenters. The second-order valence-corrected chi connectivity index (χ2v) is 5.84. The van der Waals surface area contributed by atoms with Crippen LogP contribution in [-0.2, 0) is 6.54 Å². The molecule has 1 aromatic heterocycles. The lowest BCUT2D eigenvalue weighted by Crippen LogP contribution is -2.30. The van der Waals surface area contributed by atoms with Gasteiger partial charge in [-0.05, 0) is 25.0 Å². The fraction of sp³-hybridized carbons (Fsp3) is 0.267. The number of aromatic nitrogens is 2. The Bertz CT molecular complexity index is 729. The molecule has 2 heterocycles. The second-order valence-electron chi connectivity index (χ2n) is 5.05. The van der Waals surface area contributed by atoms with Crippen molar-refractivity contribution in [1.82, 2.24) is 14.5 Å². The topological polar surface area (TPSA) is 55.2 Å².